The van der Waals surface area contributed by atoms with Crippen LogP contribution < -0.4 is 5.32 Å². The van der Waals surface area contributed by atoms with Gasteiger partial charge >= 0.3 is 0 Å². The fourth-order valence-corrected chi connectivity index (χ4v) is 2.43. The van der Waals surface area contributed by atoms with Gasteiger partial charge in [0.1, 0.15) is 0 Å². The first-order chi connectivity index (χ1) is 9.38. The van der Waals surface area contributed by atoms with Crippen molar-refractivity contribution >= 4 is 27.5 Å². The number of carbonyl (C=O) groups is 1. The van der Waals surface area contributed by atoms with Crippen molar-refractivity contribution < 1.29 is 4.79 Å². The molecule has 0 aliphatic carbocycles. The van der Waals surface area contributed by atoms with Crippen molar-refractivity contribution in [3.8, 4) is 0 Å². The Balaban J connectivity index is 2.30. The summed E-state index contributed by atoms with van der Waals surface area (Å²) in [7, 11) is 0. The Labute approximate surface area is 128 Å². The highest BCUT2D eigenvalue weighted by atomic mass is 79.9. The van der Waals surface area contributed by atoms with Gasteiger partial charge in [0.25, 0.3) is 5.91 Å². The second kappa shape index (κ2) is 5.80. The lowest BCUT2D eigenvalue weighted by Gasteiger charge is -2.11. The Morgan fingerprint density at radius 1 is 0.950 bits per heavy atom. The number of aryl methyl sites for hydroxylation is 4. The lowest BCUT2D eigenvalue weighted by molar-refractivity contribution is 0.102. The number of hydrogen-bond donors (Lipinski definition) is 1. The molecule has 0 aliphatic heterocycles. The molecule has 0 aromatic heterocycles. The zero-order valence-electron chi connectivity index (χ0n) is 12.2. The van der Waals surface area contributed by atoms with Crippen molar-refractivity contribution in [2.45, 2.75) is 27.7 Å². The van der Waals surface area contributed by atoms with E-state index in [1.807, 2.05) is 58.0 Å². The summed E-state index contributed by atoms with van der Waals surface area (Å²) < 4.78 is 1.09. The molecular formula is C17H18BrNO. The summed E-state index contributed by atoms with van der Waals surface area (Å²) >= 11 is 3.53. The van der Waals surface area contributed by atoms with E-state index in [0.29, 0.717) is 0 Å². The maximum Gasteiger partial charge on any atom is 0.255 e. The van der Waals surface area contributed by atoms with Gasteiger partial charge in [0.15, 0.2) is 0 Å². The van der Waals surface area contributed by atoms with Crippen LogP contribution in [0.2, 0.25) is 0 Å². The van der Waals surface area contributed by atoms with E-state index in [-0.39, 0.29) is 5.91 Å². The Bertz CT molecular complexity index is 654. The highest BCUT2D eigenvalue weighted by molar-refractivity contribution is 9.10. The van der Waals surface area contributed by atoms with Gasteiger partial charge in [-0.3, -0.25) is 4.79 Å². The third-order valence-corrected chi connectivity index (χ3v) is 4.58. The Hall–Kier alpha value is -1.61. The highest BCUT2D eigenvalue weighted by Crippen LogP contribution is 2.25. The Morgan fingerprint density at radius 2 is 1.55 bits per heavy atom. The van der Waals surface area contributed by atoms with Crippen molar-refractivity contribution in [1.82, 2.24) is 0 Å². The van der Waals surface area contributed by atoms with Gasteiger partial charge in [0.05, 0.1) is 0 Å². The summed E-state index contributed by atoms with van der Waals surface area (Å²) in [5.74, 6) is -0.0627. The molecule has 0 heterocycles. The molecule has 0 bridgehead atoms. The maximum absolute atomic E-state index is 12.4. The third kappa shape index (κ3) is 3.10. The summed E-state index contributed by atoms with van der Waals surface area (Å²) in [5, 5.41) is 2.98. The first kappa shape index (κ1) is 14.8. The van der Waals surface area contributed by atoms with Crippen LogP contribution in [0.15, 0.2) is 34.8 Å². The lowest BCUT2D eigenvalue weighted by atomic mass is 10.0. The largest absolute Gasteiger partial charge is 0.322 e. The van der Waals surface area contributed by atoms with Crippen LogP contribution in [0.4, 0.5) is 5.69 Å². The zero-order valence-corrected chi connectivity index (χ0v) is 13.8. The first-order valence-corrected chi connectivity index (χ1v) is 7.33. The van der Waals surface area contributed by atoms with Crippen LogP contribution in [0, 0.1) is 27.7 Å². The quantitative estimate of drug-likeness (QED) is 0.830. The molecule has 2 rings (SSSR count). The predicted molar refractivity (Wildman–Crippen MR) is 87.5 cm³/mol. The van der Waals surface area contributed by atoms with Crippen LogP contribution in [-0.4, -0.2) is 5.91 Å². The summed E-state index contributed by atoms with van der Waals surface area (Å²) in [4.78, 5) is 12.4. The minimum absolute atomic E-state index is 0.0627. The number of carbonyl (C=O) groups excluding carboxylic acids is 1. The molecule has 0 unspecified atom stereocenters. The minimum Gasteiger partial charge on any atom is -0.322 e. The van der Waals surface area contributed by atoms with Crippen molar-refractivity contribution in [2.24, 2.45) is 0 Å². The number of amides is 1. The zero-order chi connectivity index (χ0) is 14.9. The predicted octanol–water partition coefficient (Wildman–Crippen LogP) is 4.94. The number of anilines is 1. The Kier molecular flexibility index (Phi) is 4.29. The van der Waals surface area contributed by atoms with Crippen molar-refractivity contribution in [3.05, 3.63) is 62.6 Å². The molecular weight excluding hydrogens is 314 g/mol. The molecule has 0 saturated carbocycles. The van der Waals surface area contributed by atoms with Crippen LogP contribution in [0.1, 0.15) is 32.6 Å². The fourth-order valence-electron chi connectivity index (χ4n) is 2.20. The molecule has 1 amide bonds. The van der Waals surface area contributed by atoms with Crippen molar-refractivity contribution in [1.29, 1.82) is 0 Å². The normalized spacial score (nSPS) is 10.4. The molecule has 0 atom stereocenters. The van der Waals surface area contributed by atoms with Crippen LogP contribution in [0.3, 0.4) is 0 Å². The van der Waals surface area contributed by atoms with Gasteiger partial charge in [-0.15, -0.1) is 0 Å². The first-order valence-electron chi connectivity index (χ1n) is 6.54. The summed E-state index contributed by atoms with van der Waals surface area (Å²) in [5.41, 5.74) is 5.85. The smallest absolute Gasteiger partial charge is 0.255 e. The molecule has 3 heteroatoms. The molecule has 1 N–H and O–H groups in total. The number of benzene rings is 2. The summed E-state index contributed by atoms with van der Waals surface area (Å²) in [6.45, 7) is 7.98. The van der Waals surface area contributed by atoms with Crippen LogP contribution in [0.25, 0.3) is 0 Å². The standard InChI is InChI=1S/C17H18BrNO/c1-10-5-6-11(2)15(7-10)17(20)19-14-8-12(3)16(18)13(4)9-14/h5-9H,1-4H3,(H,19,20). The van der Waals surface area contributed by atoms with Gasteiger partial charge in [-0.25, -0.2) is 0 Å². The van der Waals surface area contributed by atoms with Crippen molar-refractivity contribution in [3.63, 3.8) is 0 Å². The number of nitrogens with one attached hydrogen (secondary N) is 1. The number of hydrogen-bond acceptors (Lipinski definition) is 1. The molecule has 2 aromatic rings. The van der Waals surface area contributed by atoms with Crippen LogP contribution >= 0.6 is 15.9 Å². The van der Waals surface area contributed by atoms with Crippen LogP contribution in [0.5, 0.6) is 0 Å². The molecule has 0 radical (unpaired) electrons. The fraction of sp³-hybridized carbons (Fsp3) is 0.235. The lowest BCUT2D eigenvalue weighted by Crippen LogP contribution is -2.14. The monoisotopic (exact) mass is 331 g/mol. The van der Waals surface area contributed by atoms with Crippen molar-refractivity contribution in [2.75, 3.05) is 5.32 Å². The van der Waals surface area contributed by atoms with Gasteiger partial charge in [0, 0.05) is 15.7 Å². The topological polar surface area (TPSA) is 29.1 Å². The molecule has 104 valence electrons. The van der Waals surface area contributed by atoms with E-state index in [4.69, 9.17) is 0 Å². The van der Waals surface area contributed by atoms with E-state index < -0.39 is 0 Å². The molecule has 0 saturated heterocycles. The summed E-state index contributed by atoms with van der Waals surface area (Å²) in [6, 6.07) is 9.85. The minimum atomic E-state index is -0.0627. The summed E-state index contributed by atoms with van der Waals surface area (Å²) in [6.07, 6.45) is 0. The van der Waals surface area contributed by atoms with E-state index in [9.17, 15) is 4.79 Å². The molecule has 0 fully saturated rings. The molecule has 0 spiro atoms. The van der Waals surface area contributed by atoms with E-state index in [1.165, 1.54) is 0 Å². The Morgan fingerprint density at radius 3 is 2.15 bits per heavy atom. The average molecular weight is 332 g/mol. The van der Waals surface area contributed by atoms with Gasteiger partial charge in [0.2, 0.25) is 0 Å². The van der Waals surface area contributed by atoms with Gasteiger partial charge in [-0.05, 0) is 62.6 Å². The maximum atomic E-state index is 12.4. The van der Waals surface area contributed by atoms with Gasteiger partial charge in [-0.1, -0.05) is 33.6 Å². The van der Waals surface area contributed by atoms with Gasteiger partial charge in [-0.2, -0.15) is 0 Å². The van der Waals surface area contributed by atoms with E-state index in [0.717, 1.165) is 38.0 Å². The second-order valence-corrected chi connectivity index (χ2v) is 5.99. The van der Waals surface area contributed by atoms with E-state index >= 15 is 0 Å². The molecule has 2 nitrogen and oxygen atoms in total. The highest BCUT2D eigenvalue weighted by Gasteiger charge is 2.11. The van der Waals surface area contributed by atoms with Gasteiger partial charge < -0.3 is 5.32 Å². The number of halogens is 1. The third-order valence-electron chi connectivity index (χ3n) is 3.33. The number of rotatable bonds is 2. The molecule has 20 heavy (non-hydrogen) atoms. The SMILES string of the molecule is Cc1ccc(C)c(C(=O)Nc2cc(C)c(Br)c(C)c2)c1. The van der Waals surface area contributed by atoms with Crippen LogP contribution in [-0.2, 0) is 0 Å². The van der Waals surface area contributed by atoms with E-state index in [1.54, 1.807) is 0 Å². The molecule has 2 aromatic carbocycles. The average Bonchev–Trinajstić information content (AvgIpc) is 2.38. The second-order valence-electron chi connectivity index (χ2n) is 5.20. The molecule has 0 aliphatic rings. The van der Waals surface area contributed by atoms with E-state index in [2.05, 4.69) is 21.2 Å².